The summed E-state index contributed by atoms with van der Waals surface area (Å²) in [6.07, 6.45) is 1.03. The number of hydrogen-bond donors (Lipinski definition) is 2. The minimum Gasteiger partial charge on any atom is -0.493 e. The molecule has 94 valence electrons. The topological polar surface area (TPSA) is 33.3 Å². The van der Waals surface area contributed by atoms with Crippen LogP contribution in [0.5, 0.6) is 5.75 Å². The lowest BCUT2D eigenvalue weighted by molar-refractivity contribution is 0.357. The van der Waals surface area contributed by atoms with Gasteiger partial charge in [0.1, 0.15) is 5.75 Å². The summed E-state index contributed by atoms with van der Waals surface area (Å²) >= 11 is 0. The Bertz CT molecular complexity index is 382. The molecule has 0 bridgehead atoms. The summed E-state index contributed by atoms with van der Waals surface area (Å²) < 4.78 is 5.48. The molecular formula is C14H22N2O. The zero-order valence-corrected chi connectivity index (χ0v) is 11.0. The summed E-state index contributed by atoms with van der Waals surface area (Å²) in [6, 6.07) is 6.34. The quantitative estimate of drug-likeness (QED) is 0.785. The second-order valence-corrected chi connectivity index (χ2v) is 5.52. The van der Waals surface area contributed by atoms with Gasteiger partial charge >= 0.3 is 0 Å². The SMILES string of the molecule is CC(C)(C)NCCNc1ccc2c(c1)CCO2. The molecule has 0 radical (unpaired) electrons. The van der Waals surface area contributed by atoms with Gasteiger partial charge in [0, 0.05) is 30.7 Å². The van der Waals surface area contributed by atoms with E-state index in [4.69, 9.17) is 4.74 Å². The Labute approximate surface area is 104 Å². The molecule has 2 rings (SSSR count). The van der Waals surface area contributed by atoms with Gasteiger partial charge in [0.2, 0.25) is 0 Å². The minimum absolute atomic E-state index is 0.188. The maximum absolute atomic E-state index is 5.48. The summed E-state index contributed by atoms with van der Waals surface area (Å²) in [5.41, 5.74) is 2.69. The second-order valence-electron chi connectivity index (χ2n) is 5.52. The Morgan fingerprint density at radius 3 is 2.82 bits per heavy atom. The number of fused-ring (bicyclic) bond motifs is 1. The van der Waals surface area contributed by atoms with Crippen LogP contribution in [0, 0.1) is 0 Å². The van der Waals surface area contributed by atoms with Gasteiger partial charge in [-0.25, -0.2) is 0 Å². The number of hydrogen-bond acceptors (Lipinski definition) is 3. The maximum Gasteiger partial charge on any atom is 0.122 e. The first-order valence-electron chi connectivity index (χ1n) is 6.29. The van der Waals surface area contributed by atoms with Gasteiger partial charge in [0.05, 0.1) is 6.61 Å². The van der Waals surface area contributed by atoms with E-state index in [1.165, 1.54) is 11.3 Å². The molecule has 3 nitrogen and oxygen atoms in total. The van der Waals surface area contributed by atoms with E-state index in [1.54, 1.807) is 0 Å². The van der Waals surface area contributed by atoms with Crippen LogP contribution >= 0.6 is 0 Å². The lowest BCUT2D eigenvalue weighted by atomic mass is 10.1. The highest BCUT2D eigenvalue weighted by Gasteiger charge is 2.12. The fraction of sp³-hybridized carbons (Fsp3) is 0.571. The summed E-state index contributed by atoms with van der Waals surface area (Å²) in [5, 5.41) is 6.89. The van der Waals surface area contributed by atoms with Crippen LogP contribution in [0.15, 0.2) is 18.2 Å². The first kappa shape index (κ1) is 12.2. The van der Waals surface area contributed by atoms with E-state index >= 15 is 0 Å². The Hall–Kier alpha value is -1.22. The lowest BCUT2D eigenvalue weighted by Gasteiger charge is -2.20. The Balaban J connectivity index is 1.80. The average molecular weight is 234 g/mol. The van der Waals surface area contributed by atoms with Crippen molar-refractivity contribution in [1.82, 2.24) is 5.32 Å². The van der Waals surface area contributed by atoms with Crippen molar-refractivity contribution in [3.8, 4) is 5.75 Å². The van der Waals surface area contributed by atoms with Crippen molar-refractivity contribution < 1.29 is 4.74 Å². The molecule has 0 amide bonds. The van der Waals surface area contributed by atoms with Gasteiger partial charge in [0.15, 0.2) is 0 Å². The normalized spacial score (nSPS) is 14.3. The highest BCUT2D eigenvalue weighted by Crippen LogP contribution is 2.27. The van der Waals surface area contributed by atoms with Crippen molar-refractivity contribution in [3.05, 3.63) is 23.8 Å². The molecule has 1 heterocycles. The van der Waals surface area contributed by atoms with E-state index < -0.39 is 0 Å². The molecule has 3 heteroatoms. The van der Waals surface area contributed by atoms with Crippen LogP contribution in [0.2, 0.25) is 0 Å². The largest absolute Gasteiger partial charge is 0.493 e. The molecule has 0 aliphatic carbocycles. The highest BCUT2D eigenvalue weighted by molar-refractivity contribution is 5.52. The molecule has 0 atom stereocenters. The zero-order valence-electron chi connectivity index (χ0n) is 11.0. The molecule has 0 spiro atoms. The van der Waals surface area contributed by atoms with Crippen LogP contribution in [-0.2, 0) is 6.42 Å². The van der Waals surface area contributed by atoms with Crippen molar-refractivity contribution in [1.29, 1.82) is 0 Å². The third kappa shape index (κ3) is 3.63. The van der Waals surface area contributed by atoms with Crippen LogP contribution in [-0.4, -0.2) is 25.2 Å². The van der Waals surface area contributed by atoms with E-state index in [9.17, 15) is 0 Å². The molecule has 1 aliphatic heterocycles. The molecule has 0 saturated carbocycles. The molecule has 0 fully saturated rings. The third-order valence-electron chi connectivity index (χ3n) is 2.80. The predicted octanol–water partition coefficient (Wildman–Crippen LogP) is 2.42. The molecule has 1 aromatic carbocycles. The van der Waals surface area contributed by atoms with Crippen molar-refractivity contribution in [2.45, 2.75) is 32.7 Å². The van der Waals surface area contributed by atoms with Crippen LogP contribution in [0.25, 0.3) is 0 Å². The summed E-state index contributed by atoms with van der Waals surface area (Å²) in [7, 11) is 0. The number of anilines is 1. The van der Waals surface area contributed by atoms with Crippen LogP contribution in [0.3, 0.4) is 0 Å². The van der Waals surface area contributed by atoms with Gasteiger partial charge in [0.25, 0.3) is 0 Å². The van der Waals surface area contributed by atoms with Crippen molar-refractivity contribution in [3.63, 3.8) is 0 Å². The van der Waals surface area contributed by atoms with E-state index in [0.29, 0.717) is 0 Å². The molecule has 0 unspecified atom stereocenters. The zero-order chi connectivity index (χ0) is 12.3. The first-order chi connectivity index (χ1) is 8.04. The fourth-order valence-corrected chi connectivity index (χ4v) is 1.94. The molecular weight excluding hydrogens is 212 g/mol. The smallest absolute Gasteiger partial charge is 0.122 e. The molecule has 1 aromatic rings. The van der Waals surface area contributed by atoms with Gasteiger partial charge in [-0.05, 0) is 44.5 Å². The first-order valence-corrected chi connectivity index (χ1v) is 6.29. The highest BCUT2D eigenvalue weighted by atomic mass is 16.5. The minimum atomic E-state index is 0.188. The van der Waals surface area contributed by atoms with Crippen molar-refractivity contribution in [2.75, 3.05) is 25.0 Å². The molecule has 1 aliphatic rings. The van der Waals surface area contributed by atoms with Crippen molar-refractivity contribution >= 4 is 5.69 Å². The van der Waals surface area contributed by atoms with Gasteiger partial charge in [-0.3, -0.25) is 0 Å². The Morgan fingerprint density at radius 1 is 1.24 bits per heavy atom. The summed E-state index contributed by atoms with van der Waals surface area (Å²) in [5.74, 6) is 1.04. The van der Waals surface area contributed by atoms with E-state index in [0.717, 1.165) is 31.9 Å². The van der Waals surface area contributed by atoms with Gasteiger partial charge in [-0.1, -0.05) is 0 Å². The third-order valence-corrected chi connectivity index (χ3v) is 2.80. The molecule has 17 heavy (non-hydrogen) atoms. The van der Waals surface area contributed by atoms with Crippen LogP contribution < -0.4 is 15.4 Å². The predicted molar refractivity (Wildman–Crippen MR) is 71.9 cm³/mol. The monoisotopic (exact) mass is 234 g/mol. The summed E-state index contributed by atoms with van der Waals surface area (Å²) in [4.78, 5) is 0. The fourth-order valence-electron chi connectivity index (χ4n) is 1.94. The second kappa shape index (κ2) is 4.96. The molecule has 0 saturated heterocycles. The van der Waals surface area contributed by atoms with Gasteiger partial charge in [-0.2, -0.15) is 0 Å². The molecule has 2 N–H and O–H groups in total. The van der Waals surface area contributed by atoms with Gasteiger partial charge in [-0.15, -0.1) is 0 Å². The average Bonchev–Trinajstić information content (AvgIpc) is 2.70. The van der Waals surface area contributed by atoms with Crippen molar-refractivity contribution in [2.24, 2.45) is 0 Å². The number of ether oxygens (including phenoxy) is 1. The standard InChI is InChI=1S/C14H22N2O/c1-14(2,3)16-8-7-15-12-4-5-13-11(10-12)6-9-17-13/h4-5,10,15-16H,6-9H2,1-3H3. The Kier molecular flexibility index (Phi) is 3.57. The summed E-state index contributed by atoms with van der Waals surface area (Å²) in [6.45, 7) is 9.28. The number of rotatable bonds is 4. The number of nitrogens with one attached hydrogen (secondary N) is 2. The Morgan fingerprint density at radius 2 is 2.06 bits per heavy atom. The van der Waals surface area contributed by atoms with Crippen LogP contribution in [0.4, 0.5) is 5.69 Å². The lowest BCUT2D eigenvalue weighted by Crippen LogP contribution is -2.38. The number of benzene rings is 1. The van der Waals surface area contributed by atoms with Crippen LogP contribution in [0.1, 0.15) is 26.3 Å². The maximum atomic E-state index is 5.48. The van der Waals surface area contributed by atoms with E-state index in [2.05, 4.69) is 49.6 Å². The van der Waals surface area contributed by atoms with E-state index in [-0.39, 0.29) is 5.54 Å². The molecule has 0 aromatic heterocycles. The van der Waals surface area contributed by atoms with Gasteiger partial charge < -0.3 is 15.4 Å². The van der Waals surface area contributed by atoms with E-state index in [1.807, 2.05) is 0 Å².